The SMILES string of the molecule is CC(C(N)=S)S(=O)(=O)N1CCN(CCO)CC1. The molecule has 1 rings (SSSR count). The predicted molar refractivity (Wildman–Crippen MR) is 70.3 cm³/mol. The maximum atomic E-state index is 12.1. The third kappa shape index (κ3) is 3.59. The van der Waals surface area contributed by atoms with Crippen LogP contribution in [0.1, 0.15) is 6.92 Å². The van der Waals surface area contributed by atoms with E-state index in [9.17, 15) is 8.42 Å². The Morgan fingerprint density at radius 3 is 2.35 bits per heavy atom. The lowest BCUT2D eigenvalue weighted by atomic mass is 10.4. The fourth-order valence-corrected chi connectivity index (χ4v) is 3.50. The van der Waals surface area contributed by atoms with Gasteiger partial charge in [-0.2, -0.15) is 4.31 Å². The summed E-state index contributed by atoms with van der Waals surface area (Å²) >= 11 is 4.73. The first-order chi connectivity index (χ1) is 7.89. The van der Waals surface area contributed by atoms with Crippen LogP contribution in [0.15, 0.2) is 0 Å². The Kier molecular flexibility index (Phi) is 5.26. The first kappa shape index (κ1) is 14.8. The highest BCUT2D eigenvalue weighted by Gasteiger charge is 2.32. The topological polar surface area (TPSA) is 86.9 Å². The summed E-state index contributed by atoms with van der Waals surface area (Å²) < 4.78 is 25.6. The molecule has 0 aromatic rings. The summed E-state index contributed by atoms with van der Waals surface area (Å²) in [6.45, 7) is 4.30. The number of rotatable bonds is 5. The second kappa shape index (κ2) is 6.05. The van der Waals surface area contributed by atoms with E-state index < -0.39 is 15.3 Å². The fraction of sp³-hybridized carbons (Fsp3) is 0.889. The number of aliphatic hydroxyl groups excluding tert-OH is 1. The summed E-state index contributed by atoms with van der Waals surface area (Å²) in [5.74, 6) is 0. The Labute approximate surface area is 107 Å². The third-order valence-corrected chi connectivity index (χ3v) is 5.69. The lowest BCUT2D eigenvalue weighted by Gasteiger charge is -2.34. The molecule has 0 radical (unpaired) electrons. The van der Waals surface area contributed by atoms with E-state index in [1.54, 1.807) is 0 Å². The smallest absolute Gasteiger partial charge is 0.223 e. The standard InChI is InChI=1S/C9H19N3O3S2/c1-8(9(10)16)17(14,15)12-4-2-11(3-5-12)6-7-13/h8,13H,2-7H2,1H3,(H2,10,16). The number of piperazine rings is 1. The highest BCUT2D eigenvalue weighted by Crippen LogP contribution is 2.12. The van der Waals surface area contributed by atoms with Gasteiger partial charge in [0, 0.05) is 32.7 Å². The Morgan fingerprint density at radius 2 is 1.94 bits per heavy atom. The summed E-state index contributed by atoms with van der Waals surface area (Å²) in [4.78, 5) is 2.03. The van der Waals surface area contributed by atoms with Crippen LogP contribution in [0.2, 0.25) is 0 Å². The van der Waals surface area contributed by atoms with Crippen LogP contribution in [-0.2, 0) is 10.0 Å². The zero-order valence-electron chi connectivity index (χ0n) is 9.87. The van der Waals surface area contributed by atoms with Crippen molar-refractivity contribution < 1.29 is 13.5 Å². The van der Waals surface area contributed by atoms with Crippen molar-refractivity contribution in [1.82, 2.24) is 9.21 Å². The first-order valence-corrected chi connectivity index (χ1v) is 7.42. The predicted octanol–water partition coefficient (Wildman–Crippen LogP) is -1.40. The average molecular weight is 281 g/mol. The summed E-state index contributed by atoms with van der Waals surface area (Å²) in [6.07, 6.45) is 0. The molecule has 1 heterocycles. The molecule has 0 bridgehead atoms. The van der Waals surface area contributed by atoms with Gasteiger partial charge in [0.25, 0.3) is 0 Å². The van der Waals surface area contributed by atoms with Crippen molar-refractivity contribution in [2.75, 3.05) is 39.3 Å². The van der Waals surface area contributed by atoms with Gasteiger partial charge in [-0.25, -0.2) is 8.42 Å². The number of thiocarbonyl (C=S) groups is 1. The number of nitrogens with two attached hydrogens (primary N) is 1. The molecule has 3 N–H and O–H groups in total. The van der Waals surface area contributed by atoms with Gasteiger partial charge in [-0.3, -0.25) is 4.90 Å². The van der Waals surface area contributed by atoms with Crippen LogP contribution in [0.25, 0.3) is 0 Å². The molecule has 0 saturated carbocycles. The number of aliphatic hydroxyl groups is 1. The molecule has 8 heteroatoms. The van der Waals surface area contributed by atoms with E-state index in [4.69, 9.17) is 23.1 Å². The molecule has 0 aliphatic carbocycles. The molecule has 6 nitrogen and oxygen atoms in total. The lowest BCUT2D eigenvalue weighted by Crippen LogP contribution is -2.52. The Morgan fingerprint density at radius 1 is 1.41 bits per heavy atom. The summed E-state index contributed by atoms with van der Waals surface area (Å²) in [6, 6.07) is 0. The molecule has 0 aromatic carbocycles. The normalized spacial score (nSPS) is 21.3. The van der Waals surface area contributed by atoms with Crippen LogP contribution in [-0.4, -0.2) is 72.3 Å². The van der Waals surface area contributed by atoms with Crippen molar-refractivity contribution in [3.8, 4) is 0 Å². The molecule has 1 aliphatic heterocycles. The van der Waals surface area contributed by atoms with Crippen molar-refractivity contribution in [1.29, 1.82) is 0 Å². The quantitative estimate of drug-likeness (QED) is 0.603. The van der Waals surface area contributed by atoms with Crippen LogP contribution >= 0.6 is 12.2 Å². The molecule has 0 spiro atoms. The minimum Gasteiger partial charge on any atom is -0.395 e. The van der Waals surface area contributed by atoms with Crippen molar-refractivity contribution in [3.05, 3.63) is 0 Å². The number of sulfonamides is 1. The number of β-amino-alcohol motifs (C(OH)–C–C–N with tert-alkyl or cyclic N) is 1. The van der Waals surface area contributed by atoms with Crippen LogP contribution in [0.5, 0.6) is 0 Å². The largest absolute Gasteiger partial charge is 0.395 e. The van der Waals surface area contributed by atoms with Crippen molar-refractivity contribution >= 4 is 27.2 Å². The van der Waals surface area contributed by atoms with Gasteiger partial charge < -0.3 is 10.8 Å². The van der Waals surface area contributed by atoms with E-state index in [1.165, 1.54) is 11.2 Å². The monoisotopic (exact) mass is 281 g/mol. The molecule has 1 atom stereocenters. The number of hydrogen-bond donors (Lipinski definition) is 2. The maximum Gasteiger partial charge on any atom is 0.223 e. The second-order valence-electron chi connectivity index (χ2n) is 4.05. The molecule has 1 saturated heterocycles. The van der Waals surface area contributed by atoms with E-state index in [0.29, 0.717) is 32.7 Å². The van der Waals surface area contributed by atoms with Crippen LogP contribution in [0, 0.1) is 0 Å². The average Bonchev–Trinajstić information content (AvgIpc) is 2.29. The van der Waals surface area contributed by atoms with E-state index in [1.807, 2.05) is 4.90 Å². The minimum atomic E-state index is -3.42. The molecule has 1 unspecified atom stereocenters. The third-order valence-electron chi connectivity index (χ3n) is 2.95. The van der Waals surface area contributed by atoms with Gasteiger partial charge in [-0.1, -0.05) is 12.2 Å². The molecule has 100 valence electrons. The van der Waals surface area contributed by atoms with Gasteiger partial charge in [-0.15, -0.1) is 0 Å². The summed E-state index contributed by atoms with van der Waals surface area (Å²) in [7, 11) is -3.42. The first-order valence-electron chi connectivity index (χ1n) is 5.51. The van der Waals surface area contributed by atoms with Gasteiger partial charge >= 0.3 is 0 Å². The zero-order chi connectivity index (χ0) is 13.1. The Hall–Kier alpha value is -0.280. The number of nitrogens with zero attached hydrogens (tertiary/aromatic N) is 2. The van der Waals surface area contributed by atoms with Gasteiger partial charge in [0.2, 0.25) is 10.0 Å². The van der Waals surface area contributed by atoms with E-state index in [2.05, 4.69) is 0 Å². The highest BCUT2D eigenvalue weighted by molar-refractivity contribution is 7.92. The number of hydrogen-bond acceptors (Lipinski definition) is 5. The van der Waals surface area contributed by atoms with Crippen LogP contribution < -0.4 is 5.73 Å². The lowest BCUT2D eigenvalue weighted by molar-refractivity contribution is 0.151. The molecule has 0 aromatic heterocycles. The highest BCUT2D eigenvalue weighted by atomic mass is 32.2. The molecule has 1 aliphatic rings. The molecule has 0 amide bonds. The fourth-order valence-electron chi connectivity index (χ4n) is 1.72. The summed E-state index contributed by atoms with van der Waals surface area (Å²) in [5.41, 5.74) is 5.39. The zero-order valence-corrected chi connectivity index (χ0v) is 11.5. The minimum absolute atomic E-state index is 0.00258. The Balaban J connectivity index is 2.62. The van der Waals surface area contributed by atoms with E-state index in [-0.39, 0.29) is 11.6 Å². The second-order valence-corrected chi connectivity index (χ2v) is 6.78. The Bertz CT molecular complexity index is 364. The van der Waals surface area contributed by atoms with Crippen molar-refractivity contribution in [2.24, 2.45) is 5.73 Å². The van der Waals surface area contributed by atoms with E-state index in [0.717, 1.165) is 0 Å². The van der Waals surface area contributed by atoms with Crippen LogP contribution in [0.4, 0.5) is 0 Å². The van der Waals surface area contributed by atoms with Gasteiger partial charge in [-0.05, 0) is 6.92 Å². The van der Waals surface area contributed by atoms with Crippen LogP contribution in [0.3, 0.4) is 0 Å². The summed E-state index contributed by atoms with van der Waals surface area (Å²) in [5, 5.41) is 7.98. The maximum absolute atomic E-state index is 12.1. The molecule has 17 heavy (non-hydrogen) atoms. The van der Waals surface area contributed by atoms with Gasteiger partial charge in [0.15, 0.2) is 0 Å². The van der Waals surface area contributed by atoms with Crippen molar-refractivity contribution in [3.63, 3.8) is 0 Å². The molecular weight excluding hydrogens is 262 g/mol. The molecule has 1 fully saturated rings. The van der Waals surface area contributed by atoms with Crippen molar-refractivity contribution in [2.45, 2.75) is 12.2 Å². The van der Waals surface area contributed by atoms with Gasteiger partial charge in [0.05, 0.1) is 11.6 Å². The molecular formula is C9H19N3O3S2. The van der Waals surface area contributed by atoms with E-state index >= 15 is 0 Å². The van der Waals surface area contributed by atoms with Gasteiger partial charge in [0.1, 0.15) is 5.25 Å².